The first-order valence-electron chi connectivity index (χ1n) is 7.53. The van der Waals surface area contributed by atoms with E-state index in [1.165, 1.54) is 24.3 Å². The average Bonchev–Trinajstić information content (AvgIpc) is 3.06. The van der Waals surface area contributed by atoms with E-state index in [2.05, 4.69) is 10.2 Å². The largest absolute Gasteiger partial charge is 0.484 e. The molecule has 0 unspecified atom stereocenters. The number of thioether (sulfide) groups is 1. The quantitative estimate of drug-likeness (QED) is 0.468. The van der Waals surface area contributed by atoms with Gasteiger partial charge >= 0.3 is 0 Å². The molecule has 0 spiro atoms. The highest BCUT2D eigenvalue weighted by atomic mass is 32.2. The average molecular weight is 358 g/mol. The van der Waals surface area contributed by atoms with Crippen LogP contribution in [0.15, 0.2) is 58.2 Å². The van der Waals surface area contributed by atoms with Crippen LogP contribution in [0.25, 0.3) is 0 Å². The molecule has 2 aromatic carbocycles. The number of hydrogen-bond donors (Lipinski definition) is 0. The highest BCUT2D eigenvalue weighted by molar-refractivity contribution is 7.99. The molecule has 0 radical (unpaired) electrons. The maximum absolute atomic E-state index is 12.9. The van der Waals surface area contributed by atoms with Gasteiger partial charge in [-0.2, -0.15) is 0 Å². The van der Waals surface area contributed by atoms with Crippen LogP contribution in [0.1, 0.15) is 21.8 Å². The number of aromatic nitrogens is 2. The predicted octanol–water partition coefficient (Wildman–Crippen LogP) is 4.07. The molecule has 0 amide bonds. The normalized spacial score (nSPS) is 10.6. The number of ketones is 1. The predicted molar refractivity (Wildman–Crippen MR) is 91.3 cm³/mol. The van der Waals surface area contributed by atoms with Gasteiger partial charge in [0.25, 0.3) is 11.1 Å². The SMILES string of the molecule is Cc1cccc(OCc2nnc(SCC(=O)c3ccc(F)cc3)o2)c1. The van der Waals surface area contributed by atoms with E-state index in [1.54, 1.807) is 0 Å². The Balaban J connectivity index is 1.51. The molecule has 7 heteroatoms. The molecule has 0 saturated heterocycles. The molecule has 0 atom stereocenters. The van der Waals surface area contributed by atoms with Crippen LogP contribution in [-0.4, -0.2) is 21.7 Å². The first kappa shape index (κ1) is 17.2. The summed E-state index contributed by atoms with van der Waals surface area (Å²) < 4.78 is 23.9. The Labute approximate surface area is 148 Å². The number of carbonyl (C=O) groups is 1. The number of hydrogen-bond acceptors (Lipinski definition) is 6. The van der Waals surface area contributed by atoms with E-state index >= 15 is 0 Å². The fourth-order valence-corrected chi connectivity index (χ4v) is 2.73. The molecule has 25 heavy (non-hydrogen) atoms. The Bertz CT molecular complexity index is 865. The molecule has 3 aromatic rings. The topological polar surface area (TPSA) is 65.2 Å². The molecular formula is C18H15FN2O3S. The van der Waals surface area contributed by atoms with Crippen molar-refractivity contribution >= 4 is 17.5 Å². The third kappa shape index (κ3) is 4.90. The highest BCUT2D eigenvalue weighted by Gasteiger charge is 2.12. The van der Waals surface area contributed by atoms with E-state index in [9.17, 15) is 9.18 Å². The van der Waals surface area contributed by atoms with E-state index in [4.69, 9.17) is 9.15 Å². The van der Waals surface area contributed by atoms with E-state index in [0.29, 0.717) is 16.7 Å². The van der Waals surface area contributed by atoms with Gasteiger partial charge in [-0.15, -0.1) is 10.2 Å². The molecular weight excluding hydrogens is 343 g/mol. The minimum Gasteiger partial charge on any atom is -0.484 e. The first-order valence-corrected chi connectivity index (χ1v) is 8.52. The lowest BCUT2D eigenvalue weighted by Gasteiger charge is -2.03. The summed E-state index contributed by atoms with van der Waals surface area (Å²) in [6.45, 7) is 2.13. The summed E-state index contributed by atoms with van der Waals surface area (Å²) in [5.74, 6) is 0.670. The summed E-state index contributed by atoms with van der Waals surface area (Å²) in [4.78, 5) is 12.0. The van der Waals surface area contributed by atoms with Crippen molar-refractivity contribution in [2.75, 3.05) is 5.75 Å². The minimum absolute atomic E-state index is 0.131. The number of nitrogens with zero attached hydrogens (tertiary/aromatic N) is 2. The monoisotopic (exact) mass is 358 g/mol. The number of Topliss-reactive ketones (excluding diaryl/α,β-unsaturated/α-hetero) is 1. The lowest BCUT2D eigenvalue weighted by atomic mass is 10.1. The summed E-state index contributed by atoms with van der Waals surface area (Å²) in [6, 6.07) is 13.1. The molecule has 128 valence electrons. The van der Waals surface area contributed by atoms with Crippen LogP contribution in [0, 0.1) is 12.7 Å². The highest BCUT2D eigenvalue weighted by Crippen LogP contribution is 2.19. The lowest BCUT2D eigenvalue weighted by Crippen LogP contribution is -2.02. The second-order valence-electron chi connectivity index (χ2n) is 5.29. The zero-order chi connectivity index (χ0) is 17.6. The van der Waals surface area contributed by atoms with Gasteiger partial charge in [-0.1, -0.05) is 23.9 Å². The third-order valence-corrected chi connectivity index (χ3v) is 4.11. The summed E-state index contributed by atoms with van der Waals surface area (Å²) in [7, 11) is 0. The van der Waals surface area contributed by atoms with Crippen LogP contribution in [0.2, 0.25) is 0 Å². The van der Waals surface area contributed by atoms with Crippen molar-refractivity contribution < 1.29 is 18.3 Å². The number of ether oxygens (including phenoxy) is 1. The van der Waals surface area contributed by atoms with Crippen LogP contribution in [0.3, 0.4) is 0 Å². The molecule has 0 bridgehead atoms. The Morgan fingerprint density at radius 3 is 2.76 bits per heavy atom. The van der Waals surface area contributed by atoms with Gasteiger partial charge in [0.2, 0.25) is 0 Å². The van der Waals surface area contributed by atoms with E-state index in [-0.39, 0.29) is 24.0 Å². The maximum Gasteiger partial charge on any atom is 0.277 e. The van der Waals surface area contributed by atoms with Crippen LogP contribution in [0.5, 0.6) is 5.75 Å². The summed E-state index contributed by atoms with van der Waals surface area (Å²) in [5, 5.41) is 8.06. The van der Waals surface area contributed by atoms with Crippen molar-refractivity contribution in [3.63, 3.8) is 0 Å². The maximum atomic E-state index is 12.9. The Kier molecular flexibility index (Phi) is 5.45. The third-order valence-electron chi connectivity index (χ3n) is 3.29. The standard InChI is InChI=1S/C18H15FN2O3S/c1-12-3-2-4-15(9-12)23-10-17-20-21-18(24-17)25-11-16(22)13-5-7-14(19)8-6-13/h2-9H,10-11H2,1H3. The summed E-state index contributed by atoms with van der Waals surface area (Å²) >= 11 is 1.13. The van der Waals surface area contributed by atoms with Gasteiger partial charge in [0.15, 0.2) is 12.4 Å². The van der Waals surface area contributed by atoms with Crippen molar-refractivity contribution in [3.05, 3.63) is 71.4 Å². The number of benzene rings is 2. The Hall–Kier alpha value is -2.67. The number of carbonyl (C=O) groups excluding carboxylic acids is 1. The second kappa shape index (κ2) is 7.94. The fourth-order valence-electron chi connectivity index (χ4n) is 2.05. The van der Waals surface area contributed by atoms with Crippen molar-refractivity contribution in [3.8, 4) is 5.75 Å². The molecule has 0 saturated carbocycles. The van der Waals surface area contributed by atoms with Gasteiger partial charge in [-0.3, -0.25) is 4.79 Å². The molecule has 0 aliphatic carbocycles. The molecule has 0 fully saturated rings. The minimum atomic E-state index is -0.376. The molecule has 0 N–H and O–H groups in total. The smallest absolute Gasteiger partial charge is 0.277 e. The first-order chi connectivity index (χ1) is 12.1. The van der Waals surface area contributed by atoms with Gasteiger partial charge in [0.1, 0.15) is 11.6 Å². The van der Waals surface area contributed by atoms with Gasteiger partial charge < -0.3 is 9.15 Å². The van der Waals surface area contributed by atoms with Crippen molar-refractivity contribution in [2.45, 2.75) is 18.8 Å². The van der Waals surface area contributed by atoms with Crippen molar-refractivity contribution in [2.24, 2.45) is 0 Å². The zero-order valence-electron chi connectivity index (χ0n) is 13.4. The van der Waals surface area contributed by atoms with Crippen molar-refractivity contribution in [1.29, 1.82) is 0 Å². The zero-order valence-corrected chi connectivity index (χ0v) is 14.3. The lowest BCUT2D eigenvalue weighted by molar-refractivity contribution is 0.102. The van der Waals surface area contributed by atoms with Crippen LogP contribution in [-0.2, 0) is 6.61 Å². The van der Waals surface area contributed by atoms with E-state index in [0.717, 1.165) is 23.1 Å². The van der Waals surface area contributed by atoms with Crippen LogP contribution >= 0.6 is 11.8 Å². The van der Waals surface area contributed by atoms with Gasteiger partial charge in [-0.05, 0) is 48.9 Å². The summed E-state index contributed by atoms with van der Waals surface area (Å²) in [5.41, 5.74) is 1.54. The molecule has 5 nitrogen and oxygen atoms in total. The van der Waals surface area contributed by atoms with Crippen molar-refractivity contribution in [1.82, 2.24) is 10.2 Å². The fraction of sp³-hybridized carbons (Fsp3) is 0.167. The molecule has 1 aromatic heterocycles. The van der Waals surface area contributed by atoms with Gasteiger partial charge in [0.05, 0.1) is 5.75 Å². The molecule has 0 aliphatic heterocycles. The number of rotatable bonds is 7. The summed E-state index contributed by atoms with van der Waals surface area (Å²) in [6.07, 6.45) is 0. The van der Waals surface area contributed by atoms with E-state index < -0.39 is 0 Å². The Morgan fingerprint density at radius 1 is 1.20 bits per heavy atom. The molecule has 3 rings (SSSR count). The van der Waals surface area contributed by atoms with Gasteiger partial charge in [0, 0.05) is 5.56 Å². The Morgan fingerprint density at radius 2 is 2.00 bits per heavy atom. The number of aryl methyl sites for hydroxylation is 1. The molecule has 1 heterocycles. The van der Waals surface area contributed by atoms with Crippen LogP contribution in [0.4, 0.5) is 4.39 Å². The molecule has 0 aliphatic rings. The number of halogens is 1. The second-order valence-corrected chi connectivity index (χ2v) is 6.21. The van der Waals surface area contributed by atoms with E-state index in [1.807, 2.05) is 31.2 Å². The van der Waals surface area contributed by atoms with Gasteiger partial charge in [-0.25, -0.2) is 4.39 Å². The van der Waals surface area contributed by atoms with Crippen LogP contribution < -0.4 is 4.74 Å².